The van der Waals surface area contributed by atoms with Gasteiger partial charge in [-0.15, -0.1) is 0 Å². The van der Waals surface area contributed by atoms with Gasteiger partial charge in [-0.25, -0.2) is 4.79 Å². The van der Waals surface area contributed by atoms with E-state index in [1.54, 1.807) is 20.8 Å². The number of hydrogen-bond acceptors (Lipinski definition) is 7. The van der Waals surface area contributed by atoms with Gasteiger partial charge in [0.15, 0.2) is 17.5 Å². The SMILES string of the molecule is C=C(C/C=C/C(O)(C(=O)O)C(O)C(C)CC)CCC(=O)C1C(=O)CC(C)OC1=O. The molecule has 29 heavy (non-hydrogen) atoms. The first-order valence-electron chi connectivity index (χ1n) is 9.68. The third-order valence-electron chi connectivity index (χ3n) is 5.17. The number of ketones is 2. The Morgan fingerprint density at radius 2 is 1.97 bits per heavy atom. The summed E-state index contributed by atoms with van der Waals surface area (Å²) in [5, 5.41) is 29.8. The average Bonchev–Trinajstić information content (AvgIpc) is 2.63. The minimum absolute atomic E-state index is 0.0120. The van der Waals surface area contributed by atoms with E-state index in [2.05, 4.69) is 6.58 Å². The fraction of sp³-hybridized carbons (Fsp3) is 0.619. The molecular weight excluding hydrogens is 380 g/mol. The molecular formula is C21H30O8. The Hall–Kier alpha value is -2.32. The predicted molar refractivity (Wildman–Crippen MR) is 104 cm³/mol. The van der Waals surface area contributed by atoms with Crippen LogP contribution in [-0.4, -0.2) is 56.6 Å². The van der Waals surface area contributed by atoms with Gasteiger partial charge in [0.2, 0.25) is 5.60 Å². The summed E-state index contributed by atoms with van der Waals surface area (Å²) in [5.74, 6) is -5.20. The molecule has 0 aromatic carbocycles. The molecule has 1 heterocycles. The molecule has 0 saturated carbocycles. The van der Waals surface area contributed by atoms with Crippen LogP contribution in [0, 0.1) is 11.8 Å². The molecule has 1 aliphatic heterocycles. The second-order valence-corrected chi connectivity index (χ2v) is 7.63. The van der Waals surface area contributed by atoms with E-state index in [0.29, 0.717) is 12.0 Å². The van der Waals surface area contributed by atoms with E-state index >= 15 is 0 Å². The van der Waals surface area contributed by atoms with E-state index in [-0.39, 0.29) is 25.7 Å². The van der Waals surface area contributed by atoms with Gasteiger partial charge >= 0.3 is 11.9 Å². The van der Waals surface area contributed by atoms with Crippen molar-refractivity contribution in [3.05, 3.63) is 24.3 Å². The molecule has 0 spiro atoms. The first kappa shape index (κ1) is 24.7. The number of carbonyl (C=O) groups excluding carboxylic acids is 3. The summed E-state index contributed by atoms with van der Waals surface area (Å²) >= 11 is 0. The molecule has 1 rings (SSSR count). The molecule has 0 aliphatic carbocycles. The highest BCUT2D eigenvalue weighted by Gasteiger charge is 2.43. The van der Waals surface area contributed by atoms with Crippen LogP contribution >= 0.6 is 0 Å². The third kappa shape index (κ3) is 6.33. The molecule has 0 radical (unpaired) electrons. The number of carbonyl (C=O) groups is 4. The molecule has 162 valence electrons. The van der Waals surface area contributed by atoms with Crippen molar-refractivity contribution in [3.63, 3.8) is 0 Å². The Morgan fingerprint density at radius 1 is 1.34 bits per heavy atom. The van der Waals surface area contributed by atoms with Crippen molar-refractivity contribution in [1.29, 1.82) is 0 Å². The Balaban J connectivity index is 2.63. The summed E-state index contributed by atoms with van der Waals surface area (Å²) in [5.41, 5.74) is -1.88. The number of Topliss-reactive ketones (excluding diaryl/α,β-unsaturated/α-hetero) is 2. The van der Waals surface area contributed by atoms with Crippen molar-refractivity contribution in [3.8, 4) is 0 Å². The fourth-order valence-corrected chi connectivity index (χ4v) is 3.06. The largest absolute Gasteiger partial charge is 0.479 e. The van der Waals surface area contributed by atoms with E-state index in [1.165, 1.54) is 6.08 Å². The standard InChI is InChI=1S/C21H30O8/c1-5-13(3)18(24)21(28,20(26)27)10-6-7-12(2)8-9-15(22)17-16(23)11-14(4)29-19(17)25/h6,10,13-14,17-18,24,28H,2,5,7-9,11H2,1,3-4H3,(H,26,27)/b10-6+. The van der Waals surface area contributed by atoms with Crippen LogP contribution in [0.4, 0.5) is 0 Å². The summed E-state index contributed by atoms with van der Waals surface area (Å²) in [7, 11) is 0. The molecule has 8 heteroatoms. The molecule has 5 atom stereocenters. The van der Waals surface area contributed by atoms with Crippen LogP contribution in [0.3, 0.4) is 0 Å². The number of aliphatic hydroxyl groups is 2. The van der Waals surface area contributed by atoms with E-state index in [1.807, 2.05) is 0 Å². The van der Waals surface area contributed by atoms with Crippen LogP contribution in [0.15, 0.2) is 24.3 Å². The van der Waals surface area contributed by atoms with Gasteiger partial charge in [-0.2, -0.15) is 0 Å². The van der Waals surface area contributed by atoms with Crippen LogP contribution in [0.1, 0.15) is 52.9 Å². The van der Waals surface area contributed by atoms with Gasteiger partial charge in [-0.05, 0) is 31.8 Å². The summed E-state index contributed by atoms with van der Waals surface area (Å²) in [6, 6.07) is 0. The van der Waals surface area contributed by atoms with Crippen LogP contribution in [0.5, 0.6) is 0 Å². The number of aliphatic carboxylic acids is 1. The highest BCUT2D eigenvalue weighted by Crippen LogP contribution is 2.24. The van der Waals surface area contributed by atoms with Gasteiger partial charge in [0.1, 0.15) is 6.10 Å². The Labute approximate surface area is 170 Å². The third-order valence-corrected chi connectivity index (χ3v) is 5.17. The lowest BCUT2D eigenvalue weighted by atomic mass is 9.85. The van der Waals surface area contributed by atoms with E-state index in [9.17, 15) is 34.5 Å². The van der Waals surface area contributed by atoms with Crippen molar-refractivity contribution in [2.45, 2.75) is 70.7 Å². The topological polar surface area (TPSA) is 138 Å². The number of hydrogen-bond donors (Lipinski definition) is 3. The molecule has 0 amide bonds. The first-order valence-corrected chi connectivity index (χ1v) is 9.68. The normalized spacial score (nSPS) is 23.9. The molecule has 1 fully saturated rings. The molecule has 1 saturated heterocycles. The first-order chi connectivity index (χ1) is 13.4. The maximum absolute atomic E-state index is 12.2. The van der Waals surface area contributed by atoms with Gasteiger partial charge in [0, 0.05) is 12.8 Å². The quantitative estimate of drug-likeness (QED) is 0.265. The lowest BCUT2D eigenvalue weighted by molar-refractivity contribution is -0.167. The number of allylic oxidation sites excluding steroid dienone is 2. The molecule has 0 aromatic rings. The molecule has 1 aliphatic rings. The van der Waals surface area contributed by atoms with Crippen molar-refractivity contribution < 1.29 is 39.2 Å². The van der Waals surface area contributed by atoms with E-state index in [0.717, 1.165) is 6.08 Å². The van der Waals surface area contributed by atoms with Gasteiger partial charge in [0.05, 0.1) is 6.10 Å². The van der Waals surface area contributed by atoms with Gasteiger partial charge in [-0.1, -0.05) is 38.5 Å². The molecule has 0 aromatic heterocycles. The average molecular weight is 410 g/mol. The Morgan fingerprint density at radius 3 is 2.48 bits per heavy atom. The molecule has 8 nitrogen and oxygen atoms in total. The monoisotopic (exact) mass is 410 g/mol. The number of ether oxygens (including phenoxy) is 1. The van der Waals surface area contributed by atoms with Crippen LogP contribution in [0.25, 0.3) is 0 Å². The second kappa shape index (κ2) is 10.5. The maximum Gasteiger partial charge on any atom is 0.342 e. The summed E-state index contributed by atoms with van der Waals surface area (Å²) in [6.45, 7) is 8.78. The Kier molecular flexibility index (Phi) is 8.91. The highest BCUT2D eigenvalue weighted by atomic mass is 16.5. The lowest BCUT2D eigenvalue weighted by Crippen LogP contribution is -2.50. The molecule has 5 unspecified atom stereocenters. The van der Waals surface area contributed by atoms with Crippen molar-refractivity contribution in [2.24, 2.45) is 11.8 Å². The number of rotatable bonds is 11. The van der Waals surface area contributed by atoms with Crippen LogP contribution in [0.2, 0.25) is 0 Å². The predicted octanol–water partition coefficient (Wildman–Crippen LogP) is 1.58. The van der Waals surface area contributed by atoms with Crippen LogP contribution < -0.4 is 0 Å². The zero-order valence-corrected chi connectivity index (χ0v) is 17.1. The van der Waals surface area contributed by atoms with E-state index in [4.69, 9.17) is 4.74 Å². The van der Waals surface area contributed by atoms with Gasteiger partial charge < -0.3 is 20.1 Å². The maximum atomic E-state index is 12.2. The van der Waals surface area contributed by atoms with Crippen LogP contribution in [-0.2, 0) is 23.9 Å². The Bertz CT molecular complexity index is 677. The summed E-state index contributed by atoms with van der Waals surface area (Å²) in [6.07, 6.45) is 1.14. The zero-order chi connectivity index (χ0) is 22.4. The second-order valence-electron chi connectivity index (χ2n) is 7.63. The minimum Gasteiger partial charge on any atom is -0.479 e. The minimum atomic E-state index is -2.43. The smallest absolute Gasteiger partial charge is 0.342 e. The van der Waals surface area contributed by atoms with Crippen molar-refractivity contribution in [1.82, 2.24) is 0 Å². The summed E-state index contributed by atoms with van der Waals surface area (Å²) < 4.78 is 4.95. The number of carboxylic acid groups (broad SMARTS) is 1. The zero-order valence-electron chi connectivity index (χ0n) is 17.1. The molecule has 0 bridgehead atoms. The number of cyclic esters (lactones) is 1. The van der Waals surface area contributed by atoms with E-state index < -0.39 is 53.1 Å². The van der Waals surface area contributed by atoms with Crippen molar-refractivity contribution in [2.75, 3.05) is 0 Å². The van der Waals surface area contributed by atoms with Gasteiger partial charge in [-0.3, -0.25) is 14.4 Å². The number of carboxylic acids is 1. The lowest BCUT2D eigenvalue weighted by Gasteiger charge is -2.29. The summed E-state index contributed by atoms with van der Waals surface area (Å²) in [4.78, 5) is 47.4. The fourth-order valence-electron chi connectivity index (χ4n) is 3.06. The van der Waals surface area contributed by atoms with Crippen molar-refractivity contribution >= 4 is 23.5 Å². The number of esters is 1. The highest BCUT2D eigenvalue weighted by molar-refractivity contribution is 6.18. The van der Waals surface area contributed by atoms with Gasteiger partial charge in [0.25, 0.3) is 0 Å². The number of aliphatic hydroxyl groups excluding tert-OH is 1. The molecule has 3 N–H and O–H groups in total.